The second-order valence-corrected chi connectivity index (χ2v) is 5.02. The smallest absolute Gasteiger partial charge is 0.240 e. The van der Waals surface area contributed by atoms with Crippen LogP contribution in [0.2, 0.25) is 0 Å². The number of hydrogen-bond donors (Lipinski definition) is 2. The van der Waals surface area contributed by atoms with Crippen LogP contribution in [0.25, 0.3) is 0 Å². The number of rotatable bonds is 6. The summed E-state index contributed by atoms with van der Waals surface area (Å²) in [7, 11) is 0. The van der Waals surface area contributed by atoms with Crippen molar-refractivity contribution in [2.75, 3.05) is 0 Å². The van der Waals surface area contributed by atoms with Crippen molar-refractivity contribution < 1.29 is 4.79 Å². The van der Waals surface area contributed by atoms with Gasteiger partial charge in [-0.2, -0.15) is 0 Å². The predicted molar refractivity (Wildman–Crippen MR) is 77.8 cm³/mol. The molecule has 2 aromatic rings. The lowest BCUT2D eigenvalue weighted by molar-refractivity contribution is -0.120. The maximum Gasteiger partial charge on any atom is 0.240 e. The molecular formula is C15H20N4O. The molecular weight excluding hydrogens is 252 g/mol. The largest absolute Gasteiger partial charge is 0.368 e. The van der Waals surface area contributed by atoms with E-state index in [2.05, 4.69) is 10.3 Å². The third-order valence-corrected chi connectivity index (χ3v) is 3.19. The van der Waals surface area contributed by atoms with E-state index in [1.54, 1.807) is 12.5 Å². The molecule has 106 valence electrons. The third kappa shape index (κ3) is 3.24. The molecule has 0 aliphatic carbocycles. The standard InChI is InChI=1S/C15H20N4O/c1-11(2)19-10-17-9-13(19)14(15(16)20)18-8-12-6-4-3-5-7-12/h3-7,9-11,14,18H,8H2,1-2H3,(H2,16,20). The maximum atomic E-state index is 11.7. The van der Waals surface area contributed by atoms with Crippen molar-refractivity contribution in [3.05, 3.63) is 54.1 Å². The zero-order valence-electron chi connectivity index (χ0n) is 11.8. The van der Waals surface area contributed by atoms with E-state index in [4.69, 9.17) is 5.73 Å². The fourth-order valence-electron chi connectivity index (χ4n) is 2.14. The highest BCUT2D eigenvalue weighted by Gasteiger charge is 2.22. The quantitative estimate of drug-likeness (QED) is 0.842. The second-order valence-electron chi connectivity index (χ2n) is 5.02. The number of nitrogens with zero attached hydrogens (tertiary/aromatic N) is 2. The van der Waals surface area contributed by atoms with E-state index in [0.29, 0.717) is 6.54 Å². The summed E-state index contributed by atoms with van der Waals surface area (Å²) in [5.41, 5.74) is 7.42. The van der Waals surface area contributed by atoms with Gasteiger partial charge in [0.25, 0.3) is 0 Å². The summed E-state index contributed by atoms with van der Waals surface area (Å²) in [6, 6.07) is 9.59. The molecule has 0 saturated carbocycles. The van der Waals surface area contributed by atoms with Crippen LogP contribution in [0.3, 0.4) is 0 Å². The molecule has 1 amide bonds. The van der Waals surface area contributed by atoms with Crippen molar-refractivity contribution in [1.29, 1.82) is 0 Å². The summed E-state index contributed by atoms with van der Waals surface area (Å²) in [5.74, 6) is -0.400. The number of carbonyl (C=O) groups is 1. The van der Waals surface area contributed by atoms with Crippen LogP contribution in [0.1, 0.15) is 37.2 Å². The van der Waals surface area contributed by atoms with Crippen LogP contribution >= 0.6 is 0 Å². The number of hydrogen-bond acceptors (Lipinski definition) is 3. The fraction of sp³-hybridized carbons (Fsp3) is 0.333. The van der Waals surface area contributed by atoms with Crippen molar-refractivity contribution in [3.8, 4) is 0 Å². The first-order valence-electron chi connectivity index (χ1n) is 6.68. The molecule has 0 fully saturated rings. The van der Waals surface area contributed by atoms with Gasteiger partial charge in [0.2, 0.25) is 5.91 Å². The van der Waals surface area contributed by atoms with E-state index in [1.807, 2.05) is 48.7 Å². The summed E-state index contributed by atoms with van der Waals surface area (Å²) in [6.07, 6.45) is 3.41. The van der Waals surface area contributed by atoms with Gasteiger partial charge in [0, 0.05) is 12.6 Å². The van der Waals surface area contributed by atoms with Gasteiger partial charge in [-0.25, -0.2) is 4.98 Å². The summed E-state index contributed by atoms with van der Waals surface area (Å²) in [4.78, 5) is 15.8. The van der Waals surface area contributed by atoms with Gasteiger partial charge in [-0.15, -0.1) is 0 Å². The predicted octanol–water partition coefficient (Wildman–Crippen LogP) is 1.78. The Bertz CT molecular complexity index is 562. The molecule has 0 saturated heterocycles. The van der Waals surface area contributed by atoms with Crippen LogP contribution in [0, 0.1) is 0 Å². The molecule has 5 heteroatoms. The van der Waals surface area contributed by atoms with Gasteiger partial charge in [0.1, 0.15) is 6.04 Å². The Hall–Kier alpha value is -2.14. The molecule has 0 radical (unpaired) electrons. The topological polar surface area (TPSA) is 72.9 Å². The summed E-state index contributed by atoms with van der Waals surface area (Å²) in [5, 5.41) is 3.20. The van der Waals surface area contributed by atoms with E-state index in [0.717, 1.165) is 11.3 Å². The SMILES string of the molecule is CC(C)n1cncc1C(NCc1ccccc1)C(N)=O. The molecule has 1 aromatic carbocycles. The molecule has 0 aliphatic heterocycles. The molecule has 1 aromatic heterocycles. The summed E-state index contributed by atoms with van der Waals surface area (Å²) >= 11 is 0. The van der Waals surface area contributed by atoms with E-state index in [1.165, 1.54) is 0 Å². The molecule has 0 aliphatic rings. The van der Waals surface area contributed by atoms with Crippen molar-refractivity contribution >= 4 is 5.91 Å². The van der Waals surface area contributed by atoms with Crippen LogP contribution in [0.15, 0.2) is 42.9 Å². The first kappa shape index (κ1) is 14.3. The molecule has 0 bridgehead atoms. The Morgan fingerprint density at radius 3 is 2.65 bits per heavy atom. The Morgan fingerprint density at radius 2 is 2.05 bits per heavy atom. The highest BCUT2D eigenvalue weighted by Crippen LogP contribution is 2.17. The average molecular weight is 272 g/mol. The van der Waals surface area contributed by atoms with Gasteiger partial charge in [-0.05, 0) is 19.4 Å². The van der Waals surface area contributed by atoms with Crippen molar-refractivity contribution in [1.82, 2.24) is 14.9 Å². The number of benzene rings is 1. The molecule has 1 atom stereocenters. The van der Waals surface area contributed by atoms with Crippen LogP contribution < -0.4 is 11.1 Å². The Morgan fingerprint density at radius 1 is 1.35 bits per heavy atom. The first-order valence-corrected chi connectivity index (χ1v) is 6.68. The lowest BCUT2D eigenvalue weighted by Crippen LogP contribution is -2.35. The van der Waals surface area contributed by atoms with E-state index < -0.39 is 11.9 Å². The number of aromatic nitrogens is 2. The molecule has 0 spiro atoms. The molecule has 1 heterocycles. The van der Waals surface area contributed by atoms with Gasteiger partial charge >= 0.3 is 0 Å². The third-order valence-electron chi connectivity index (χ3n) is 3.19. The number of nitrogens with two attached hydrogens (primary N) is 1. The van der Waals surface area contributed by atoms with Gasteiger partial charge < -0.3 is 10.3 Å². The fourth-order valence-corrected chi connectivity index (χ4v) is 2.14. The maximum absolute atomic E-state index is 11.7. The Labute approximate surface area is 118 Å². The van der Waals surface area contributed by atoms with Crippen molar-refractivity contribution in [3.63, 3.8) is 0 Å². The minimum Gasteiger partial charge on any atom is -0.368 e. The van der Waals surface area contributed by atoms with Crippen LogP contribution in [-0.4, -0.2) is 15.5 Å². The second kappa shape index (κ2) is 6.34. The number of amides is 1. The minimum absolute atomic E-state index is 0.230. The molecule has 2 rings (SSSR count). The minimum atomic E-state index is -0.542. The summed E-state index contributed by atoms with van der Waals surface area (Å²) in [6.45, 7) is 4.67. The van der Waals surface area contributed by atoms with Crippen molar-refractivity contribution in [2.45, 2.75) is 32.5 Å². The van der Waals surface area contributed by atoms with Crippen LogP contribution in [-0.2, 0) is 11.3 Å². The number of imidazole rings is 1. The van der Waals surface area contributed by atoms with E-state index in [9.17, 15) is 4.79 Å². The average Bonchev–Trinajstić information content (AvgIpc) is 2.89. The monoisotopic (exact) mass is 272 g/mol. The van der Waals surface area contributed by atoms with Crippen LogP contribution in [0.4, 0.5) is 0 Å². The molecule has 3 N–H and O–H groups in total. The highest BCUT2D eigenvalue weighted by molar-refractivity contribution is 5.80. The zero-order valence-corrected chi connectivity index (χ0v) is 11.8. The van der Waals surface area contributed by atoms with E-state index in [-0.39, 0.29) is 6.04 Å². The first-order chi connectivity index (χ1) is 9.59. The number of nitrogens with one attached hydrogen (secondary N) is 1. The Balaban J connectivity index is 2.15. The zero-order chi connectivity index (χ0) is 14.5. The number of primary amides is 1. The number of carbonyl (C=O) groups excluding carboxylic acids is 1. The van der Waals surface area contributed by atoms with Gasteiger partial charge in [0.05, 0.1) is 18.2 Å². The lowest BCUT2D eigenvalue weighted by atomic mass is 10.1. The molecule has 20 heavy (non-hydrogen) atoms. The lowest BCUT2D eigenvalue weighted by Gasteiger charge is -2.19. The van der Waals surface area contributed by atoms with Gasteiger partial charge in [-0.1, -0.05) is 30.3 Å². The molecule has 1 unspecified atom stereocenters. The van der Waals surface area contributed by atoms with Gasteiger partial charge in [-0.3, -0.25) is 10.1 Å². The van der Waals surface area contributed by atoms with Gasteiger partial charge in [0.15, 0.2) is 0 Å². The van der Waals surface area contributed by atoms with Crippen LogP contribution in [0.5, 0.6) is 0 Å². The van der Waals surface area contributed by atoms with E-state index >= 15 is 0 Å². The molecule has 5 nitrogen and oxygen atoms in total. The van der Waals surface area contributed by atoms with Crippen molar-refractivity contribution in [2.24, 2.45) is 5.73 Å². The highest BCUT2D eigenvalue weighted by atomic mass is 16.1. The Kier molecular flexibility index (Phi) is 4.53. The summed E-state index contributed by atoms with van der Waals surface area (Å²) < 4.78 is 1.95. The normalized spacial score (nSPS) is 12.6.